The third kappa shape index (κ3) is 2.58. The normalized spacial score (nSPS) is 9.92. The number of thiazole rings is 1. The van der Waals surface area contributed by atoms with Crippen LogP contribution in [0.4, 0.5) is 0 Å². The predicted molar refractivity (Wildman–Crippen MR) is 52.5 cm³/mol. The smallest absolute Gasteiger partial charge is 0.0657 e. The third-order valence-corrected chi connectivity index (χ3v) is 2.63. The summed E-state index contributed by atoms with van der Waals surface area (Å²) in [6.07, 6.45) is 2.28. The molecule has 0 bridgehead atoms. The number of aryl methyl sites for hydroxylation is 1. The van der Waals surface area contributed by atoms with Crippen LogP contribution in [-0.4, -0.2) is 4.98 Å². The van der Waals surface area contributed by atoms with Gasteiger partial charge in [-0.1, -0.05) is 24.5 Å². The number of benzene rings is 1. The summed E-state index contributed by atoms with van der Waals surface area (Å²) in [5.74, 6) is 0. The minimum absolute atomic E-state index is 0. The summed E-state index contributed by atoms with van der Waals surface area (Å²) in [6, 6.07) is 7.44. The second-order valence-electron chi connectivity index (χ2n) is 2.81. The Morgan fingerprint density at radius 3 is 3.15 bits per heavy atom. The molecule has 0 unspecified atom stereocenters. The second-order valence-corrected chi connectivity index (χ2v) is 3.70. The first-order chi connectivity index (χ1) is 5.90. The molecule has 0 aliphatic rings. The van der Waals surface area contributed by atoms with Crippen LogP contribution >= 0.6 is 11.3 Å². The molecule has 0 aliphatic heterocycles. The van der Waals surface area contributed by atoms with E-state index in [0.29, 0.717) is 0 Å². The summed E-state index contributed by atoms with van der Waals surface area (Å²) in [4.78, 5) is 4.26. The van der Waals surface area contributed by atoms with E-state index in [0.717, 1.165) is 11.9 Å². The van der Waals surface area contributed by atoms with Gasteiger partial charge in [-0.3, -0.25) is 4.98 Å². The number of hydrogen-bond acceptors (Lipinski definition) is 2. The second kappa shape index (κ2) is 5.18. The van der Waals surface area contributed by atoms with Gasteiger partial charge < -0.3 is 0 Å². The van der Waals surface area contributed by atoms with E-state index >= 15 is 0 Å². The van der Waals surface area contributed by atoms with Crippen molar-refractivity contribution in [2.45, 2.75) is 19.8 Å². The van der Waals surface area contributed by atoms with Crippen LogP contribution in [0, 0.1) is 6.07 Å². The first-order valence-corrected chi connectivity index (χ1v) is 5.02. The summed E-state index contributed by atoms with van der Waals surface area (Å²) in [5, 5.41) is 0. The molecule has 0 saturated carbocycles. The molecule has 13 heavy (non-hydrogen) atoms. The van der Waals surface area contributed by atoms with Crippen LogP contribution < -0.4 is 0 Å². The van der Waals surface area contributed by atoms with E-state index in [1.54, 1.807) is 11.3 Å². The first kappa shape index (κ1) is 11.3. The fraction of sp³-hybridized carbons (Fsp3) is 0.300. The van der Waals surface area contributed by atoms with E-state index in [9.17, 15) is 0 Å². The van der Waals surface area contributed by atoms with Crippen LogP contribution in [-0.2, 0) is 39.1 Å². The molecule has 0 N–H and O–H groups in total. The summed E-state index contributed by atoms with van der Waals surface area (Å²) in [5.41, 5.74) is 4.27. The zero-order chi connectivity index (χ0) is 8.39. The van der Waals surface area contributed by atoms with E-state index < -0.39 is 0 Å². The van der Waals surface area contributed by atoms with Crippen molar-refractivity contribution in [1.29, 1.82) is 0 Å². The van der Waals surface area contributed by atoms with Crippen molar-refractivity contribution >= 4 is 21.6 Å². The zero-order valence-electron chi connectivity index (χ0n) is 7.58. The molecule has 0 spiro atoms. The van der Waals surface area contributed by atoms with Crippen molar-refractivity contribution in [3.63, 3.8) is 0 Å². The van der Waals surface area contributed by atoms with E-state index in [1.807, 2.05) is 11.6 Å². The topological polar surface area (TPSA) is 12.9 Å². The van der Waals surface area contributed by atoms with Crippen molar-refractivity contribution in [2.75, 3.05) is 0 Å². The molecule has 0 aliphatic carbocycles. The van der Waals surface area contributed by atoms with Gasteiger partial charge in [-0.15, -0.1) is 6.07 Å². The van der Waals surface area contributed by atoms with Crippen LogP contribution in [0.25, 0.3) is 10.2 Å². The minimum atomic E-state index is 0. The maximum absolute atomic E-state index is 4.26. The number of fused-ring (bicyclic) bond motifs is 1. The molecule has 0 atom stereocenters. The van der Waals surface area contributed by atoms with Gasteiger partial charge in [-0.25, -0.2) is 0 Å². The molecule has 1 aromatic heterocycles. The Kier molecular flexibility index (Phi) is 4.50. The predicted octanol–water partition coefficient (Wildman–Crippen LogP) is 3.05. The maximum atomic E-state index is 4.26. The molecule has 0 saturated heterocycles. The number of nitrogens with zero attached hydrogens (tertiary/aromatic N) is 1. The van der Waals surface area contributed by atoms with Gasteiger partial charge in [0.25, 0.3) is 0 Å². The quantitative estimate of drug-likeness (QED) is 0.760. The van der Waals surface area contributed by atoms with Crippen LogP contribution in [0.1, 0.15) is 18.9 Å². The Morgan fingerprint density at radius 1 is 1.54 bits per heavy atom. The van der Waals surface area contributed by atoms with Gasteiger partial charge in [-0.05, 0) is 5.52 Å². The van der Waals surface area contributed by atoms with Gasteiger partial charge in [0.1, 0.15) is 0 Å². The average molecular weight is 265 g/mol. The van der Waals surface area contributed by atoms with Gasteiger partial charge >= 0.3 is 0 Å². The van der Waals surface area contributed by atoms with E-state index in [4.69, 9.17) is 0 Å². The van der Waals surface area contributed by atoms with Crippen molar-refractivity contribution in [3.8, 4) is 0 Å². The summed E-state index contributed by atoms with van der Waals surface area (Å²) >= 11 is 1.67. The molecule has 0 amide bonds. The fourth-order valence-electron chi connectivity index (χ4n) is 1.26. The van der Waals surface area contributed by atoms with Crippen molar-refractivity contribution < 1.29 is 32.7 Å². The Balaban J connectivity index is 0.000000845. The molecule has 1 aromatic carbocycles. The number of hydrogen-bond donors (Lipinski definition) is 0. The summed E-state index contributed by atoms with van der Waals surface area (Å²) in [6.45, 7) is 2.18. The summed E-state index contributed by atoms with van der Waals surface area (Å²) in [7, 11) is 0. The van der Waals surface area contributed by atoms with Crippen LogP contribution in [0.3, 0.4) is 0 Å². The monoisotopic (exact) mass is 265 g/mol. The Hall–Kier alpha value is 0.214. The molecular weight excluding hydrogens is 255 g/mol. The zero-order valence-corrected chi connectivity index (χ0v) is 11.2. The van der Waals surface area contributed by atoms with Gasteiger partial charge in [0.15, 0.2) is 0 Å². The van der Waals surface area contributed by atoms with Crippen molar-refractivity contribution in [1.82, 2.24) is 4.98 Å². The Bertz CT molecular complexity index is 383. The van der Waals surface area contributed by atoms with Crippen LogP contribution in [0.2, 0.25) is 0 Å². The maximum Gasteiger partial charge on any atom is 0.0657 e. The van der Waals surface area contributed by atoms with Crippen LogP contribution in [0.5, 0.6) is 0 Å². The van der Waals surface area contributed by atoms with Crippen LogP contribution in [0.15, 0.2) is 17.6 Å². The van der Waals surface area contributed by atoms with Gasteiger partial charge in [0.05, 0.1) is 5.51 Å². The van der Waals surface area contributed by atoms with Gasteiger partial charge in [0, 0.05) is 32.7 Å². The average Bonchev–Trinajstić information content (AvgIpc) is 2.51. The first-order valence-electron chi connectivity index (χ1n) is 4.14. The van der Waals surface area contributed by atoms with E-state index in [2.05, 4.69) is 24.0 Å². The number of aromatic nitrogens is 1. The van der Waals surface area contributed by atoms with Crippen molar-refractivity contribution in [3.05, 3.63) is 29.3 Å². The Morgan fingerprint density at radius 2 is 2.38 bits per heavy atom. The van der Waals surface area contributed by atoms with Gasteiger partial charge in [-0.2, -0.15) is 29.0 Å². The molecule has 1 nitrogen and oxygen atoms in total. The largest absolute Gasteiger partial charge is 0.272 e. The Labute approximate surface area is 107 Å². The van der Waals surface area contributed by atoms with E-state index in [-0.39, 0.29) is 32.7 Å². The minimum Gasteiger partial charge on any atom is -0.272 e. The SMILES string of the molecule is CCCc1[c-]cc2scnc2c1.[Y]. The molecule has 2 aromatic rings. The molecule has 1 radical (unpaired) electrons. The molecule has 3 heteroatoms. The standard InChI is InChI=1S/C10H10NS.Y/c1-2-3-8-4-5-10-9(6-8)11-7-12-10;/h5-7H,2-3H2,1H3;/q-1;. The van der Waals surface area contributed by atoms with E-state index in [1.165, 1.54) is 16.7 Å². The molecule has 1 heterocycles. The summed E-state index contributed by atoms with van der Waals surface area (Å²) < 4.78 is 1.23. The molecule has 2 rings (SSSR count). The molecule has 65 valence electrons. The molecule has 0 fully saturated rings. The third-order valence-electron chi connectivity index (χ3n) is 1.84. The van der Waals surface area contributed by atoms with Crippen molar-refractivity contribution in [2.24, 2.45) is 0 Å². The fourth-order valence-corrected chi connectivity index (χ4v) is 1.90. The van der Waals surface area contributed by atoms with Gasteiger partial charge in [0.2, 0.25) is 0 Å². The molecular formula is C10H10NSY-. The number of rotatable bonds is 2.